The second-order valence-corrected chi connectivity index (χ2v) is 6.73. The van der Waals surface area contributed by atoms with Crippen molar-refractivity contribution in [3.8, 4) is 16.9 Å². The molecule has 3 nitrogen and oxygen atoms in total. The first-order valence-electron chi connectivity index (χ1n) is 9.91. The van der Waals surface area contributed by atoms with E-state index in [0.29, 0.717) is 6.42 Å². The van der Waals surface area contributed by atoms with Crippen molar-refractivity contribution in [1.82, 2.24) is 0 Å². The molecule has 0 aliphatic heterocycles. The van der Waals surface area contributed by atoms with Gasteiger partial charge in [0.25, 0.3) is 0 Å². The molecule has 0 saturated carbocycles. The zero-order valence-corrected chi connectivity index (χ0v) is 16.4. The van der Waals surface area contributed by atoms with E-state index in [2.05, 4.69) is 19.1 Å². The predicted molar refractivity (Wildman–Crippen MR) is 112 cm³/mol. The zero-order chi connectivity index (χ0) is 19.5. The van der Waals surface area contributed by atoms with Crippen molar-refractivity contribution in [3.05, 3.63) is 60.2 Å². The maximum absolute atomic E-state index is 10.9. The molecule has 0 unspecified atom stereocenters. The Balaban J connectivity index is 1.93. The highest BCUT2D eigenvalue weighted by Crippen LogP contribution is 2.25. The number of carboxylic acids is 1. The molecule has 3 heteroatoms. The summed E-state index contributed by atoms with van der Waals surface area (Å²) in [6, 6.07) is 16.2. The molecule has 0 amide bonds. The van der Waals surface area contributed by atoms with Gasteiger partial charge in [-0.2, -0.15) is 0 Å². The standard InChI is InChI=1S/C24H30O3/c1-3-5-6-7-8-17-27-23-15-13-22(14-16-23)21-11-9-20(10-12-21)19(4-2)18-24(25)26/h9-16,18H,3-8,17H2,1-2H3,(H,25,26). The van der Waals surface area contributed by atoms with Crippen LogP contribution in [0.25, 0.3) is 16.7 Å². The van der Waals surface area contributed by atoms with Gasteiger partial charge in [0.15, 0.2) is 0 Å². The van der Waals surface area contributed by atoms with E-state index in [1.54, 1.807) is 0 Å². The molecule has 0 spiro atoms. The van der Waals surface area contributed by atoms with Crippen molar-refractivity contribution in [2.75, 3.05) is 6.61 Å². The molecule has 27 heavy (non-hydrogen) atoms. The van der Waals surface area contributed by atoms with Gasteiger partial charge in [0, 0.05) is 6.08 Å². The quantitative estimate of drug-likeness (QED) is 0.361. The van der Waals surface area contributed by atoms with Crippen molar-refractivity contribution in [3.63, 3.8) is 0 Å². The Morgan fingerprint density at radius 3 is 2.04 bits per heavy atom. The Bertz CT molecular complexity index is 727. The maximum atomic E-state index is 10.9. The third-order valence-electron chi connectivity index (χ3n) is 4.64. The van der Waals surface area contributed by atoms with Crippen molar-refractivity contribution in [1.29, 1.82) is 0 Å². The third kappa shape index (κ3) is 6.93. The number of aliphatic carboxylic acids is 1. The summed E-state index contributed by atoms with van der Waals surface area (Å²) in [4.78, 5) is 10.9. The van der Waals surface area contributed by atoms with Gasteiger partial charge in [0.1, 0.15) is 5.75 Å². The first-order valence-corrected chi connectivity index (χ1v) is 9.91. The van der Waals surface area contributed by atoms with E-state index in [1.807, 2.05) is 43.3 Å². The van der Waals surface area contributed by atoms with Crippen molar-refractivity contribution >= 4 is 11.5 Å². The highest BCUT2D eigenvalue weighted by Gasteiger charge is 2.04. The fourth-order valence-electron chi connectivity index (χ4n) is 3.05. The molecule has 0 aromatic heterocycles. The Morgan fingerprint density at radius 1 is 0.889 bits per heavy atom. The monoisotopic (exact) mass is 366 g/mol. The Kier molecular flexibility index (Phi) is 8.63. The zero-order valence-electron chi connectivity index (χ0n) is 16.4. The lowest BCUT2D eigenvalue weighted by molar-refractivity contribution is -0.131. The molecule has 2 aromatic carbocycles. The molecule has 2 rings (SSSR count). The van der Waals surface area contributed by atoms with Crippen LogP contribution < -0.4 is 4.74 Å². The van der Waals surface area contributed by atoms with Crippen molar-refractivity contribution in [2.45, 2.75) is 52.4 Å². The third-order valence-corrected chi connectivity index (χ3v) is 4.64. The number of rotatable bonds is 11. The molecule has 1 N–H and O–H groups in total. The van der Waals surface area contributed by atoms with E-state index in [0.717, 1.165) is 41.0 Å². The first-order chi connectivity index (χ1) is 13.1. The normalized spacial score (nSPS) is 11.4. The number of carboxylic acid groups (broad SMARTS) is 1. The first kappa shape index (κ1) is 20.8. The number of hydrogen-bond donors (Lipinski definition) is 1. The van der Waals surface area contributed by atoms with Gasteiger partial charge in [-0.3, -0.25) is 0 Å². The van der Waals surface area contributed by atoms with Crippen LogP contribution in [0.4, 0.5) is 0 Å². The summed E-state index contributed by atoms with van der Waals surface area (Å²) in [5.41, 5.74) is 4.01. The lowest BCUT2D eigenvalue weighted by Gasteiger charge is -2.09. The fraction of sp³-hybridized carbons (Fsp3) is 0.375. The Hall–Kier alpha value is -2.55. The van der Waals surface area contributed by atoms with Crippen molar-refractivity contribution in [2.24, 2.45) is 0 Å². The van der Waals surface area contributed by atoms with Gasteiger partial charge >= 0.3 is 5.97 Å². The topological polar surface area (TPSA) is 46.5 Å². The second kappa shape index (κ2) is 11.2. The van der Waals surface area contributed by atoms with Crippen LogP contribution in [0.5, 0.6) is 5.75 Å². The molecular formula is C24H30O3. The molecule has 0 aliphatic carbocycles. The van der Waals surface area contributed by atoms with Crippen LogP contribution in [0.2, 0.25) is 0 Å². The average molecular weight is 367 g/mol. The molecule has 0 atom stereocenters. The average Bonchev–Trinajstić information content (AvgIpc) is 2.69. The number of carbonyl (C=O) groups is 1. The Morgan fingerprint density at radius 2 is 1.48 bits per heavy atom. The summed E-state index contributed by atoms with van der Waals surface area (Å²) < 4.78 is 5.82. The van der Waals surface area contributed by atoms with Crippen LogP contribution in [0.15, 0.2) is 54.6 Å². The minimum Gasteiger partial charge on any atom is -0.494 e. The SMILES string of the molecule is CCCCCCCOc1ccc(-c2ccc(C(=CC(=O)O)CC)cc2)cc1. The molecule has 0 fully saturated rings. The van der Waals surface area contributed by atoms with Gasteiger partial charge in [-0.25, -0.2) is 4.79 Å². The van der Waals surface area contributed by atoms with Crippen LogP contribution in [0.1, 0.15) is 57.9 Å². The molecule has 0 radical (unpaired) electrons. The summed E-state index contributed by atoms with van der Waals surface area (Å²) in [5, 5.41) is 8.96. The van der Waals surface area contributed by atoms with E-state index >= 15 is 0 Å². The molecule has 0 saturated heterocycles. The van der Waals surface area contributed by atoms with Gasteiger partial charge < -0.3 is 9.84 Å². The molecule has 0 heterocycles. The largest absolute Gasteiger partial charge is 0.494 e. The van der Waals surface area contributed by atoms with Gasteiger partial charge in [0.2, 0.25) is 0 Å². The summed E-state index contributed by atoms with van der Waals surface area (Å²) in [6.45, 7) is 4.96. The van der Waals surface area contributed by atoms with E-state index in [4.69, 9.17) is 9.84 Å². The molecule has 0 bridgehead atoms. The van der Waals surface area contributed by atoms with Gasteiger partial charge in [-0.05, 0) is 47.2 Å². The van der Waals surface area contributed by atoms with E-state index in [1.165, 1.54) is 31.8 Å². The summed E-state index contributed by atoms with van der Waals surface area (Å²) in [6.07, 6.45) is 8.16. The molecule has 0 aliphatic rings. The maximum Gasteiger partial charge on any atom is 0.328 e. The van der Waals surface area contributed by atoms with Crippen molar-refractivity contribution < 1.29 is 14.6 Å². The van der Waals surface area contributed by atoms with E-state index in [-0.39, 0.29) is 0 Å². The van der Waals surface area contributed by atoms with Gasteiger partial charge in [0.05, 0.1) is 6.61 Å². The summed E-state index contributed by atoms with van der Waals surface area (Å²) >= 11 is 0. The molecular weight excluding hydrogens is 336 g/mol. The van der Waals surface area contributed by atoms with E-state index in [9.17, 15) is 4.79 Å². The number of allylic oxidation sites excluding steroid dienone is 1. The molecule has 2 aromatic rings. The van der Waals surface area contributed by atoms with E-state index < -0.39 is 5.97 Å². The molecule has 144 valence electrons. The smallest absolute Gasteiger partial charge is 0.328 e. The minimum atomic E-state index is -0.906. The van der Waals surface area contributed by atoms with Gasteiger partial charge in [-0.15, -0.1) is 0 Å². The lowest BCUT2D eigenvalue weighted by atomic mass is 9.99. The number of ether oxygens (including phenoxy) is 1. The lowest BCUT2D eigenvalue weighted by Crippen LogP contribution is -1.97. The van der Waals surface area contributed by atoms with Crippen LogP contribution in [-0.4, -0.2) is 17.7 Å². The van der Waals surface area contributed by atoms with Gasteiger partial charge in [-0.1, -0.05) is 75.9 Å². The van der Waals surface area contributed by atoms with Crippen LogP contribution in [0.3, 0.4) is 0 Å². The number of unbranched alkanes of at least 4 members (excludes halogenated alkanes) is 4. The Labute approximate surface area is 162 Å². The number of hydrogen-bond acceptors (Lipinski definition) is 2. The van der Waals surface area contributed by atoms with Crippen LogP contribution in [0, 0.1) is 0 Å². The predicted octanol–water partition coefficient (Wildman–Crippen LogP) is 6.58. The second-order valence-electron chi connectivity index (χ2n) is 6.73. The number of benzene rings is 2. The van der Waals surface area contributed by atoms with Crippen LogP contribution >= 0.6 is 0 Å². The highest BCUT2D eigenvalue weighted by molar-refractivity contribution is 5.90. The highest BCUT2D eigenvalue weighted by atomic mass is 16.5. The minimum absolute atomic E-state index is 0.691. The van der Waals surface area contributed by atoms with Crippen LogP contribution in [-0.2, 0) is 4.79 Å². The fourth-order valence-corrected chi connectivity index (χ4v) is 3.05. The summed E-state index contributed by atoms with van der Waals surface area (Å²) in [7, 11) is 0. The summed E-state index contributed by atoms with van der Waals surface area (Å²) in [5.74, 6) is 0.000372.